The summed E-state index contributed by atoms with van der Waals surface area (Å²) < 4.78 is 24.7. The van der Waals surface area contributed by atoms with Gasteiger partial charge in [0.2, 0.25) is 0 Å². The predicted octanol–water partition coefficient (Wildman–Crippen LogP) is 2.73. The van der Waals surface area contributed by atoms with Crippen LogP contribution in [-0.2, 0) is 22.7 Å². The largest absolute Gasteiger partial charge is 0.312 e. The average molecular weight is 295 g/mol. The Kier molecular flexibility index (Phi) is 4.55. The number of hydrogen-bond donors (Lipinski definition) is 1. The number of rotatable bonds is 5. The Morgan fingerprint density at radius 1 is 1.15 bits per heavy atom. The van der Waals surface area contributed by atoms with Crippen LogP contribution in [0.5, 0.6) is 0 Å². The lowest BCUT2D eigenvalue weighted by Gasteiger charge is -2.20. The van der Waals surface area contributed by atoms with Crippen LogP contribution in [0.25, 0.3) is 0 Å². The molecule has 0 saturated heterocycles. The van der Waals surface area contributed by atoms with E-state index in [-0.39, 0.29) is 11.3 Å². The van der Waals surface area contributed by atoms with Crippen molar-refractivity contribution in [1.82, 2.24) is 5.32 Å². The van der Waals surface area contributed by atoms with Crippen molar-refractivity contribution in [3.63, 3.8) is 0 Å². The third-order valence-corrected chi connectivity index (χ3v) is 5.47. The van der Waals surface area contributed by atoms with E-state index in [0.29, 0.717) is 11.3 Å². The molecule has 4 heteroatoms. The van der Waals surface area contributed by atoms with Crippen molar-refractivity contribution in [2.75, 3.05) is 12.3 Å². The Morgan fingerprint density at radius 3 is 2.55 bits per heavy atom. The van der Waals surface area contributed by atoms with Gasteiger partial charge in [-0.25, -0.2) is 8.42 Å². The second-order valence-electron chi connectivity index (χ2n) is 6.63. The maximum Gasteiger partial charge on any atom is 0.178 e. The summed E-state index contributed by atoms with van der Waals surface area (Å²) in [5.41, 5.74) is 2.58. The van der Waals surface area contributed by atoms with Gasteiger partial charge >= 0.3 is 0 Å². The van der Waals surface area contributed by atoms with E-state index >= 15 is 0 Å². The summed E-state index contributed by atoms with van der Waals surface area (Å²) in [6, 6.07) is 5.65. The molecular weight excluding hydrogens is 270 g/mol. The van der Waals surface area contributed by atoms with E-state index in [2.05, 4.69) is 26.1 Å². The van der Waals surface area contributed by atoms with E-state index < -0.39 is 9.84 Å². The van der Waals surface area contributed by atoms with Crippen molar-refractivity contribution in [2.24, 2.45) is 0 Å². The Bertz CT molecular complexity index is 571. The third-order valence-electron chi connectivity index (χ3n) is 3.67. The van der Waals surface area contributed by atoms with Gasteiger partial charge in [-0.3, -0.25) is 0 Å². The Labute approximate surface area is 122 Å². The standard InChI is InChI=1S/C16H25NO2S/c1-16(2,3)17-10-5-11-20(18,19)15-9-8-13-6-4-7-14(13)12-15/h8-9,12,17H,4-7,10-11H2,1-3H3. The zero-order valence-electron chi connectivity index (χ0n) is 12.7. The summed E-state index contributed by atoms with van der Waals surface area (Å²) in [6.07, 6.45) is 3.90. The lowest BCUT2D eigenvalue weighted by molar-refractivity contribution is 0.426. The Balaban J connectivity index is 1.97. The number of hydrogen-bond acceptors (Lipinski definition) is 3. The number of benzene rings is 1. The highest BCUT2D eigenvalue weighted by molar-refractivity contribution is 7.91. The summed E-state index contributed by atoms with van der Waals surface area (Å²) in [5, 5.41) is 3.32. The van der Waals surface area contributed by atoms with Crippen molar-refractivity contribution in [3.8, 4) is 0 Å². The molecule has 1 aliphatic rings. The van der Waals surface area contributed by atoms with Gasteiger partial charge in [0.1, 0.15) is 0 Å². The minimum atomic E-state index is -3.14. The van der Waals surface area contributed by atoms with Gasteiger partial charge in [-0.15, -0.1) is 0 Å². The molecule has 1 aliphatic carbocycles. The molecule has 0 bridgehead atoms. The third kappa shape index (κ3) is 4.06. The van der Waals surface area contributed by atoms with Crippen LogP contribution in [0.2, 0.25) is 0 Å². The van der Waals surface area contributed by atoms with Gasteiger partial charge < -0.3 is 5.32 Å². The Hall–Kier alpha value is -0.870. The fraction of sp³-hybridized carbons (Fsp3) is 0.625. The molecule has 0 atom stereocenters. The highest BCUT2D eigenvalue weighted by atomic mass is 32.2. The quantitative estimate of drug-likeness (QED) is 0.850. The molecule has 0 aromatic heterocycles. The first-order chi connectivity index (χ1) is 9.28. The van der Waals surface area contributed by atoms with Gasteiger partial charge in [0, 0.05) is 5.54 Å². The molecule has 0 fully saturated rings. The predicted molar refractivity (Wildman–Crippen MR) is 82.9 cm³/mol. The number of aryl methyl sites for hydroxylation is 2. The molecule has 20 heavy (non-hydrogen) atoms. The lowest BCUT2D eigenvalue weighted by Crippen LogP contribution is -2.36. The minimum Gasteiger partial charge on any atom is -0.312 e. The first-order valence-electron chi connectivity index (χ1n) is 7.37. The minimum absolute atomic E-state index is 0.0390. The summed E-state index contributed by atoms with van der Waals surface area (Å²) >= 11 is 0. The lowest BCUT2D eigenvalue weighted by atomic mass is 10.1. The van der Waals surface area contributed by atoms with Gasteiger partial charge in [0.15, 0.2) is 9.84 Å². The van der Waals surface area contributed by atoms with Crippen LogP contribution in [0.4, 0.5) is 0 Å². The first-order valence-corrected chi connectivity index (χ1v) is 9.03. The smallest absolute Gasteiger partial charge is 0.178 e. The van der Waals surface area contributed by atoms with E-state index in [1.807, 2.05) is 12.1 Å². The zero-order valence-corrected chi connectivity index (χ0v) is 13.5. The molecule has 0 amide bonds. The molecule has 0 unspecified atom stereocenters. The molecule has 112 valence electrons. The summed E-state index contributed by atoms with van der Waals surface area (Å²) in [4.78, 5) is 0.494. The van der Waals surface area contributed by atoms with E-state index in [1.54, 1.807) is 6.07 Å². The van der Waals surface area contributed by atoms with Crippen LogP contribution in [0.15, 0.2) is 23.1 Å². The molecular formula is C16H25NO2S. The van der Waals surface area contributed by atoms with Crippen LogP contribution in [-0.4, -0.2) is 26.3 Å². The van der Waals surface area contributed by atoms with Crippen LogP contribution in [0.3, 0.4) is 0 Å². The van der Waals surface area contributed by atoms with Gasteiger partial charge in [0.25, 0.3) is 0 Å². The molecule has 0 aliphatic heterocycles. The second-order valence-corrected chi connectivity index (χ2v) is 8.74. The van der Waals surface area contributed by atoms with Crippen molar-refractivity contribution in [1.29, 1.82) is 0 Å². The average Bonchev–Trinajstić information content (AvgIpc) is 2.80. The van der Waals surface area contributed by atoms with Crippen LogP contribution >= 0.6 is 0 Å². The zero-order chi connectivity index (χ0) is 14.8. The molecule has 0 spiro atoms. The summed E-state index contributed by atoms with van der Waals surface area (Å²) in [5.74, 6) is 0.217. The molecule has 1 aromatic carbocycles. The van der Waals surface area contributed by atoms with Gasteiger partial charge in [-0.05, 0) is 76.3 Å². The van der Waals surface area contributed by atoms with Crippen LogP contribution in [0, 0.1) is 0 Å². The second kappa shape index (κ2) is 5.86. The van der Waals surface area contributed by atoms with Crippen molar-refractivity contribution in [3.05, 3.63) is 29.3 Å². The van der Waals surface area contributed by atoms with Crippen molar-refractivity contribution >= 4 is 9.84 Å². The highest BCUT2D eigenvalue weighted by Gasteiger charge is 2.18. The molecule has 1 N–H and O–H groups in total. The maximum atomic E-state index is 12.3. The summed E-state index contributed by atoms with van der Waals surface area (Å²) in [6.45, 7) is 6.99. The molecule has 0 heterocycles. The van der Waals surface area contributed by atoms with Crippen LogP contribution < -0.4 is 5.32 Å². The number of fused-ring (bicyclic) bond motifs is 1. The van der Waals surface area contributed by atoms with E-state index in [9.17, 15) is 8.42 Å². The molecule has 2 rings (SSSR count). The molecule has 1 aromatic rings. The van der Waals surface area contributed by atoms with Gasteiger partial charge in [-0.2, -0.15) is 0 Å². The van der Waals surface area contributed by atoms with E-state index in [1.165, 1.54) is 11.1 Å². The molecule has 3 nitrogen and oxygen atoms in total. The van der Waals surface area contributed by atoms with Crippen LogP contribution in [0.1, 0.15) is 44.7 Å². The van der Waals surface area contributed by atoms with E-state index in [4.69, 9.17) is 0 Å². The molecule has 0 radical (unpaired) electrons. The number of nitrogens with one attached hydrogen (secondary N) is 1. The van der Waals surface area contributed by atoms with Gasteiger partial charge in [0.05, 0.1) is 10.6 Å². The monoisotopic (exact) mass is 295 g/mol. The van der Waals surface area contributed by atoms with E-state index in [0.717, 1.165) is 25.8 Å². The highest BCUT2D eigenvalue weighted by Crippen LogP contribution is 2.25. The topological polar surface area (TPSA) is 46.2 Å². The number of sulfone groups is 1. The fourth-order valence-corrected chi connectivity index (χ4v) is 3.94. The first kappa shape index (κ1) is 15.5. The SMILES string of the molecule is CC(C)(C)NCCCS(=O)(=O)c1ccc2c(c1)CCC2. The van der Waals surface area contributed by atoms with Crippen molar-refractivity contribution < 1.29 is 8.42 Å². The fourth-order valence-electron chi connectivity index (χ4n) is 2.59. The maximum absolute atomic E-state index is 12.3. The van der Waals surface area contributed by atoms with Crippen molar-refractivity contribution in [2.45, 2.75) is 56.9 Å². The Morgan fingerprint density at radius 2 is 1.85 bits per heavy atom. The summed E-state index contributed by atoms with van der Waals surface area (Å²) in [7, 11) is -3.14. The van der Waals surface area contributed by atoms with Gasteiger partial charge in [-0.1, -0.05) is 6.07 Å². The molecule has 0 saturated carbocycles. The normalized spacial score (nSPS) is 15.3.